The number of hydrogen-bond donors (Lipinski definition) is 1. The minimum absolute atomic E-state index is 0.114. The van der Waals surface area contributed by atoms with Gasteiger partial charge in [0.15, 0.2) is 5.16 Å². The van der Waals surface area contributed by atoms with E-state index in [0.717, 1.165) is 60.2 Å². The van der Waals surface area contributed by atoms with E-state index < -0.39 is 0 Å². The number of rotatable bonds is 6. The van der Waals surface area contributed by atoms with Crippen molar-refractivity contribution in [1.29, 1.82) is 0 Å². The van der Waals surface area contributed by atoms with E-state index in [4.69, 9.17) is 4.98 Å². The Morgan fingerprint density at radius 3 is 2.79 bits per heavy atom. The zero-order valence-corrected chi connectivity index (χ0v) is 17.2. The highest BCUT2D eigenvalue weighted by Crippen LogP contribution is 2.27. The van der Waals surface area contributed by atoms with Crippen molar-refractivity contribution in [2.45, 2.75) is 37.4 Å². The topological polar surface area (TPSA) is 87.7 Å². The van der Waals surface area contributed by atoms with Crippen LogP contribution < -0.4 is 5.56 Å². The van der Waals surface area contributed by atoms with Crippen LogP contribution in [0.25, 0.3) is 11.4 Å². The Balaban J connectivity index is 1.48. The van der Waals surface area contributed by atoms with Crippen molar-refractivity contribution in [1.82, 2.24) is 29.8 Å². The second-order valence-electron chi connectivity index (χ2n) is 7.14. The lowest BCUT2D eigenvalue weighted by molar-refractivity contribution is 0.198. The average Bonchev–Trinajstić information content (AvgIpc) is 2.76. The average molecular weight is 409 g/mol. The highest BCUT2D eigenvalue weighted by Gasteiger charge is 2.23. The van der Waals surface area contributed by atoms with Crippen LogP contribution in [0.2, 0.25) is 0 Å². The molecule has 3 aromatic rings. The first-order chi connectivity index (χ1) is 14.2. The molecule has 3 aromatic heterocycles. The molecular formula is C21H24N6OS. The normalized spacial score (nSPS) is 17.3. The summed E-state index contributed by atoms with van der Waals surface area (Å²) in [5.41, 5.74) is 2.73. The smallest absolute Gasteiger partial charge is 0.251 e. The summed E-state index contributed by atoms with van der Waals surface area (Å²) in [6.07, 6.45) is 9.36. The second-order valence-corrected chi connectivity index (χ2v) is 8.37. The van der Waals surface area contributed by atoms with E-state index in [1.54, 1.807) is 30.2 Å². The molecule has 1 atom stereocenters. The van der Waals surface area contributed by atoms with Gasteiger partial charge in [-0.2, -0.15) is 0 Å². The summed E-state index contributed by atoms with van der Waals surface area (Å²) in [7, 11) is 0. The van der Waals surface area contributed by atoms with Gasteiger partial charge in [0, 0.05) is 61.0 Å². The first-order valence-corrected chi connectivity index (χ1v) is 10.9. The summed E-state index contributed by atoms with van der Waals surface area (Å²) in [6, 6.07) is 5.35. The number of piperidine rings is 1. The predicted octanol–water partition coefficient (Wildman–Crippen LogP) is 3.11. The molecule has 0 amide bonds. The van der Waals surface area contributed by atoms with Crippen LogP contribution in [-0.2, 0) is 6.54 Å². The van der Waals surface area contributed by atoms with Gasteiger partial charge in [0.2, 0.25) is 0 Å². The fourth-order valence-corrected chi connectivity index (χ4v) is 4.17. The Labute approximate surface area is 174 Å². The maximum absolute atomic E-state index is 12.2. The van der Waals surface area contributed by atoms with Crippen molar-refractivity contribution in [3.63, 3.8) is 0 Å². The van der Waals surface area contributed by atoms with Gasteiger partial charge in [0.05, 0.1) is 5.69 Å². The van der Waals surface area contributed by atoms with Crippen molar-refractivity contribution < 1.29 is 0 Å². The first-order valence-electron chi connectivity index (χ1n) is 9.89. The van der Waals surface area contributed by atoms with E-state index in [0.29, 0.717) is 5.82 Å². The number of H-pyrrole nitrogens is 1. The third-order valence-corrected chi connectivity index (χ3v) is 5.76. The number of likely N-dealkylation sites (tertiary alicyclic amines) is 1. The quantitative estimate of drug-likeness (QED) is 0.495. The van der Waals surface area contributed by atoms with Gasteiger partial charge in [0.1, 0.15) is 5.82 Å². The van der Waals surface area contributed by atoms with Crippen LogP contribution in [0, 0.1) is 0 Å². The number of aromatic amines is 1. The van der Waals surface area contributed by atoms with Crippen LogP contribution in [0.15, 0.2) is 52.9 Å². The number of aromatic nitrogens is 5. The molecular weight excluding hydrogens is 384 g/mol. The fourth-order valence-electron chi connectivity index (χ4n) is 3.66. The van der Waals surface area contributed by atoms with Crippen LogP contribution >= 0.6 is 11.8 Å². The number of hydrogen-bond acceptors (Lipinski definition) is 7. The first kappa shape index (κ1) is 19.7. The molecule has 1 saturated heterocycles. The van der Waals surface area contributed by atoms with Gasteiger partial charge in [-0.1, -0.05) is 18.7 Å². The Bertz CT molecular complexity index is 992. The molecule has 150 valence electrons. The molecule has 0 aromatic carbocycles. The molecule has 4 heterocycles. The molecule has 0 spiro atoms. The predicted molar refractivity (Wildman–Crippen MR) is 114 cm³/mol. The van der Waals surface area contributed by atoms with Crippen molar-refractivity contribution in [2.75, 3.05) is 18.8 Å². The maximum Gasteiger partial charge on any atom is 0.251 e. The molecule has 0 aliphatic carbocycles. The molecule has 29 heavy (non-hydrogen) atoms. The van der Waals surface area contributed by atoms with Crippen molar-refractivity contribution in [3.8, 4) is 11.4 Å². The highest BCUT2D eigenvalue weighted by molar-refractivity contribution is 7.99. The number of pyridine rings is 1. The van der Waals surface area contributed by atoms with Crippen molar-refractivity contribution >= 4 is 11.8 Å². The molecule has 4 rings (SSSR count). The zero-order chi connectivity index (χ0) is 20.1. The monoisotopic (exact) mass is 408 g/mol. The second kappa shape index (κ2) is 9.28. The summed E-state index contributed by atoms with van der Waals surface area (Å²) in [5.74, 6) is 1.81. The molecule has 1 fully saturated rings. The van der Waals surface area contributed by atoms with Gasteiger partial charge in [-0.15, -0.1) is 0 Å². The largest absolute Gasteiger partial charge is 0.307 e. The van der Waals surface area contributed by atoms with E-state index in [9.17, 15) is 4.79 Å². The molecule has 0 saturated carbocycles. The van der Waals surface area contributed by atoms with E-state index >= 15 is 0 Å². The Morgan fingerprint density at radius 1 is 1.24 bits per heavy atom. The van der Waals surface area contributed by atoms with E-state index in [2.05, 4.69) is 31.8 Å². The zero-order valence-electron chi connectivity index (χ0n) is 16.4. The molecule has 1 unspecified atom stereocenters. The van der Waals surface area contributed by atoms with E-state index in [1.165, 1.54) is 0 Å². The molecule has 1 N–H and O–H groups in total. The van der Waals surface area contributed by atoms with Crippen molar-refractivity contribution in [2.24, 2.45) is 0 Å². The van der Waals surface area contributed by atoms with E-state index in [-0.39, 0.29) is 11.5 Å². The minimum atomic E-state index is -0.114. The molecule has 8 heteroatoms. The van der Waals surface area contributed by atoms with Gasteiger partial charge in [-0.25, -0.2) is 15.0 Å². The Kier molecular flexibility index (Phi) is 6.31. The Hall–Kier alpha value is -2.58. The molecule has 1 aliphatic heterocycles. The van der Waals surface area contributed by atoms with Gasteiger partial charge >= 0.3 is 0 Å². The summed E-state index contributed by atoms with van der Waals surface area (Å²) in [5, 5.41) is 0.823. The van der Waals surface area contributed by atoms with Crippen LogP contribution in [-0.4, -0.2) is 48.7 Å². The lowest BCUT2D eigenvalue weighted by Crippen LogP contribution is -2.34. The van der Waals surface area contributed by atoms with Crippen LogP contribution in [0.1, 0.15) is 36.9 Å². The van der Waals surface area contributed by atoms with Gasteiger partial charge in [-0.05, 0) is 37.3 Å². The van der Waals surface area contributed by atoms with Gasteiger partial charge < -0.3 is 4.98 Å². The maximum atomic E-state index is 12.2. The lowest BCUT2D eigenvalue weighted by atomic mass is 9.94. The number of thioether (sulfide) groups is 1. The summed E-state index contributed by atoms with van der Waals surface area (Å²) in [4.78, 5) is 35.1. The minimum Gasteiger partial charge on any atom is -0.307 e. The summed E-state index contributed by atoms with van der Waals surface area (Å²) < 4.78 is 0. The third-order valence-electron chi connectivity index (χ3n) is 5.00. The number of nitrogens with zero attached hydrogens (tertiary/aromatic N) is 5. The lowest BCUT2D eigenvalue weighted by Gasteiger charge is -2.32. The SMILES string of the molecule is CCSc1ncc(CN2CCCC(c3cc(=O)[nH]c(-c4ccncc4)n3)C2)cn1. The molecule has 0 bridgehead atoms. The standard InChI is InChI=1S/C21H24N6OS/c1-2-29-21-23-11-15(12-24-21)13-27-9-3-4-17(14-27)18-10-19(28)26-20(25-18)16-5-7-22-8-6-16/h5-8,10-12,17H,2-4,9,13-14H2,1H3,(H,25,26,28). The highest BCUT2D eigenvalue weighted by atomic mass is 32.2. The summed E-state index contributed by atoms with van der Waals surface area (Å²) in [6.45, 7) is 4.81. The Morgan fingerprint density at radius 2 is 2.03 bits per heavy atom. The summed E-state index contributed by atoms with van der Waals surface area (Å²) >= 11 is 1.65. The van der Waals surface area contributed by atoms with Gasteiger partial charge in [-0.3, -0.25) is 14.7 Å². The number of nitrogens with one attached hydrogen (secondary N) is 1. The van der Waals surface area contributed by atoms with Crippen LogP contribution in [0.3, 0.4) is 0 Å². The molecule has 7 nitrogen and oxygen atoms in total. The molecule has 1 aliphatic rings. The van der Waals surface area contributed by atoms with E-state index in [1.807, 2.05) is 24.5 Å². The van der Waals surface area contributed by atoms with Crippen molar-refractivity contribution in [3.05, 3.63) is 64.6 Å². The third kappa shape index (κ3) is 5.07. The molecule has 0 radical (unpaired) electrons. The van der Waals surface area contributed by atoms with Crippen LogP contribution in [0.4, 0.5) is 0 Å². The van der Waals surface area contributed by atoms with Crippen LogP contribution in [0.5, 0.6) is 0 Å². The van der Waals surface area contributed by atoms with Gasteiger partial charge in [0.25, 0.3) is 5.56 Å². The fraction of sp³-hybridized carbons (Fsp3) is 0.381.